The van der Waals surface area contributed by atoms with E-state index in [1.54, 1.807) is 0 Å². The lowest BCUT2D eigenvalue weighted by Gasteiger charge is -2.26. The molecular weight excluding hydrogens is 310 g/mol. The van der Waals surface area contributed by atoms with Crippen molar-refractivity contribution in [2.75, 3.05) is 32.8 Å². The molecule has 0 bridgehead atoms. The maximum Gasteiger partial charge on any atom is 0.127 e. The Balaban J connectivity index is 1.45. The molecule has 0 saturated carbocycles. The summed E-state index contributed by atoms with van der Waals surface area (Å²) in [6, 6.07) is 15.7. The minimum atomic E-state index is 0.716. The van der Waals surface area contributed by atoms with Gasteiger partial charge in [-0.2, -0.15) is 0 Å². The molecular formula is C19H22ClNO2. The van der Waals surface area contributed by atoms with E-state index in [-0.39, 0.29) is 0 Å². The van der Waals surface area contributed by atoms with Crippen LogP contribution in [0.15, 0.2) is 48.5 Å². The van der Waals surface area contributed by atoms with Gasteiger partial charge in [-0.05, 0) is 61.3 Å². The lowest BCUT2D eigenvalue weighted by atomic mass is 10.1. The van der Waals surface area contributed by atoms with Gasteiger partial charge in [0.25, 0.3) is 0 Å². The van der Waals surface area contributed by atoms with Gasteiger partial charge >= 0.3 is 0 Å². The van der Waals surface area contributed by atoms with Crippen molar-refractivity contribution in [2.45, 2.75) is 12.8 Å². The van der Waals surface area contributed by atoms with Gasteiger partial charge in [0.2, 0.25) is 0 Å². The van der Waals surface area contributed by atoms with Crippen LogP contribution in [0.1, 0.15) is 12.0 Å². The third kappa shape index (κ3) is 5.24. The van der Waals surface area contributed by atoms with Crippen LogP contribution in [-0.2, 0) is 11.2 Å². The second-order valence-corrected chi connectivity index (χ2v) is 6.19. The van der Waals surface area contributed by atoms with E-state index in [1.165, 1.54) is 12.0 Å². The lowest BCUT2D eigenvalue weighted by molar-refractivity contribution is 0.0374. The van der Waals surface area contributed by atoms with Crippen molar-refractivity contribution in [1.29, 1.82) is 0 Å². The zero-order chi connectivity index (χ0) is 15.9. The van der Waals surface area contributed by atoms with Crippen LogP contribution in [0.4, 0.5) is 0 Å². The summed E-state index contributed by atoms with van der Waals surface area (Å²) >= 11 is 5.87. The highest BCUT2D eigenvalue weighted by Gasteiger charge is 2.09. The Hall–Kier alpha value is -1.55. The number of hydrogen-bond donors (Lipinski definition) is 0. The Morgan fingerprint density at radius 3 is 2.17 bits per heavy atom. The average molecular weight is 332 g/mol. The Morgan fingerprint density at radius 1 is 0.913 bits per heavy atom. The molecule has 1 fully saturated rings. The van der Waals surface area contributed by atoms with E-state index in [2.05, 4.69) is 17.0 Å². The molecule has 3 rings (SSSR count). The van der Waals surface area contributed by atoms with Crippen molar-refractivity contribution in [3.8, 4) is 11.5 Å². The van der Waals surface area contributed by atoms with Gasteiger partial charge in [-0.1, -0.05) is 23.7 Å². The number of benzene rings is 2. The first-order valence-corrected chi connectivity index (χ1v) is 8.50. The molecule has 1 heterocycles. The van der Waals surface area contributed by atoms with Crippen LogP contribution in [-0.4, -0.2) is 37.7 Å². The van der Waals surface area contributed by atoms with Crippen molar-refractivity contribution >= 4 is 11.6 Å². The van der Waals surface area contributed by atoms with Gasteiger partial charge in [-0.15, -0.1) is 0 Å². The Kier molecular flexibility index (Phi) is 5.92. The van der Waals surface area contributed by atoms with Crippen LogP contribution in [0.5, 0.6) is 11.5 Å². The lowest BCUT2D eigenvalue weighted by Crippen LogP contribution is -2.36. The van der Waals surface area contributed by atoms with Crippen LogP contribution in [0.2, 0.25) is 5.02 Å². The van der Waals surface area contributed by atoms with Gasteiger partial charge in [-0.25, -0.2) is 0 Å². The summed E-state index contributed by atoms with van der Waals surface area (Å²) in [5, 5.41) is 0.716. The standard InChI is InChI=1S/C19H22ClNO2/c20-17-5-9-19(10-6-17)23-18-7-3-16(4-8-18)2-1-11-21-12-14-22-15-13-21/h3-10H,1-2,11-15H2. The number of morpholine rings is 1. The zero-order valence-electron chi connectivity index (χ0n) is 13.2. The topological polar surface area (TPSA) is 21.7 Å². The molecule has 2 aromatic carbocycles. The first-order chi connectivity index (χ1) is 11.3. The van der Waals surface area contributed by atoms with Gasteiger partial charge in [0.15, 0.2) is 0 Å². The van der Waals surface area contributed by atoms with E-state index in [1.807, 2.05) is 36.4 Å². The second kappa shape index (κ2) is 8.34. The largest absolute Gasteiger partial charge is 0.457 e. The van der Waals surface area contributed by atoms with Gasteiger partial charge in [0.1, 0.15) is 11.5 Å². The van der Waals surface area contributed by atoms with E-state index < -0.39 is 0 Å². The maximum atomic E-state index is 5.87. The molecule has 0 N–H and O–H groups in total. The molecule has 1 aliphatic heterocycles. The highest BCUT2D eigenvalue weighted by Crippen LogP contribution is 2.23. The van der Waals surface area contributed by atoms with Crippen molar-refractivity contribution in [3.05, 3.63) is 59.1 Å². The number of hydrogen-bond acceptors (Lipinski definition) is 3. The van der Waals surface area contributed by atoms with Crippen LogP contribution in [0.25, 0.3) is 0 Å². The molecule has 0 radical (unpaired) electrons. The molecule has 2 aromatic rings. The summed E-state index contributed by atoms with van der Waals surface area (Å²) in [5.41, 5.74) is 1.35. The molecule has 0 aromatic heterocycles. The molecule has 0 spiro atoms. The van der Waals surface area contributed by atoms with Gasteiger partial charge in [-0.3, -0.25) is 4.90 Å². The van der Waals surface area contributed by atoms with E-state index in [4.69, 9.17) is 21.1 Å². The fourth-order valence-electron chi connectivity index (χ4n) is 2.69. The van der Waals surface area contributed by atoms with Gasteiger partial charge < -0.3 is 9.47 Å². The first-order valence-electron chi connectivity index (χ1n) is 8.12. The maximum absolute atomic E-state index is 5.87. The third-order valence-corrected chi connectivity index (χ3v) is 4.27. The molecule has 1 aliphatic rings. The van der Waals surface area contributed by atoms with Crippen LogP contribution in [0, 0.1) is 0 Å². The SMILES string of the molecule is Clc1ccc(Oc2ccc(CCCN3CCOCC3)cc2)cc1. The smallest absolute Gasteiger partial charge is 0.127 e. The second-order valence-electron chi connectivity index (χ2n) is 5.76. The van der Waals surface area contributed by atoms with Crippen LogP contribution < -0.4 is 4.74 Å². The van der Waals surface area contributed by atoms with Crippen molar-refractivity contribution in [1.82, 2.24) is 4.90 Å². The molecule has 4 heteroatoms. The summed E-state index contributed by atoms with van der Waals surface area (Å²) in [4.78, 5) is 2.47. The van der Waals surface area contributed by atoms with Gasteiger partial charge in [0.05, 0.1) is 13.2 Å². The van der Waals surface area contributed by atoms with Crippen molar-refractivity contribution < 1.29 is 9.47 Å². The summed E-state index contributed by atoms with van der Waals surface area (Å²) in [5.74, 6) is 1.65. The predicted molar refractivity (Wildman–Crippen MR) is 93.5 cm³/mol. The minimum absolute atomic E-state index is 0.716. The zero-order valence-corrected chi connectivity index (χ0v) is 14.0. The molecule has 0 aliphatic carbocycles. The van der Waals surface area contributed by atoms with E-state index in [0.717, 1.165) is 50.8 Å². The molecule has 0 atom stereocenters. The first kappa shape index (κ1) is 16.3. The molecule has 0 amide bonds. The minimum Gasteiger partial charge on any atom is -0.457 e. The quantitative estimate of drug-likeness (QED) is 0.783. The Morgan fingerprint density at radius 2 is 1.52 bits per heavy atom. The fraction of sp³-hybridized carbons (Fsp3) is 0.368. The molecule has 0 unspecified atom stereocenters. The molecule has 3 nitrogen and oxygen atoms in total. The summed E-state index contributed by atoms with van der Waals surface area (Å²) in [7, 11) is 0. The monoisotopic (exact) mass is 331 g/mol. The fourth-order valence-corrected chi connectivity index (χ4v) is 2.82. The number of rotatable bonds is 6. The summed E-state index contributed by atoms with van der Waals surface area (Å²) < 4.78 is 11.2. The normalized spacial score (nSPS) is 15.5. The summed E-state index contributed by atoms with van der Waals surface area (Å²) in [6.45, 7) is 5.02. The van der Waals surface area contributed by atoms with Crippen molar-refractivity contribution in [2.24, 2.45) is 0 Å². The predicted octanol–water partition coefficient (Wildman–Crippen LogP) is 4.40. The van der Waals surface area contributed by atoms with Crippen LogP contribution in [0.3, 0.4) is 0 Å². The summed E-state index contributed by atoms with van der Waals surface area (Å²) in [6.07, 6.45) is 2.27. The van der Waals surface area contributed by atoms with E-state index in [9.17, 15) is 0 Å². The molecule has 122 valence electrons. The van der Waals surface area contributed by atoms with Crippen molar-refractivity contribution in [3.63, 3.8) is 0 Å². The average Bonchev–Trinajstić information content (AvgIpc) is 2.59. The highest BCUT2D eigenvalue weighted by molar-refractivity contribution is 6.30. The van der Waals surface area contributed by atoms with Crippen LogP contribution >= 0.6 is 11.6 Å². The molecule has 1 saturated heterocycles. The number of ether oxygens (including phenoxy) is 2. The van der Waals surface area contributed by atoms with Gasteiger partial charge in [0, 0.05) is 18.1 Å². The third-order valence-electron chi connectivity index (χ3n) is 4.02. The number of nitrogens with zero attached hydrogens (tertiary/aromatic N) is 1. The van der Waals surface area contributed by atoms with E-state index >= 15 is 0 Å². The molecule has 23 heavy (non-hydrogen) atoms. The number of aryl methyl sites for hydroxylation is 1. The number of halogens is 1. The van der Waals surface area contributed by atoms with E-state index in [0.29, 0.717) is 5.02 Å². The Bertz CT molecular complexity index is 592. The highest BCUT2D eigenvalue weighted by atomic mass is 35.5. The Labute approximate surface area is 142 Å².